The highest BCUT2D eigenvalue weighted by Crippen LogP contribution is 2.24. The van der Waals surface area contributed by atoms with E-state index in [0.717, 1.165) is 28.6 Å². The van der Waals surface area contributed by atoms with Gasteiger partial charge in [0.15, 0.2) is 0 Å². The van der Waals surface area contributed by atoms with Crippen molar-refractivity contribution in [1.29, 1.82) is 0 Å². The number of benzene rings is 2. The molecule has 146 valence electrons. The summed E-state index contributed by atoms with van der Waals surface area (Å²) < 4.78 is 6.25. The van der Waals surface area contributed by atoms with Gasteiger partial charge in [-0.25, -0.2) is 0 Å². The number of hydrogen-bond acceptors (Lipinski definition) is 3. The number of ether oxygens (including phenoxy) is 1. The number of rotatable bonds is 5. The second kappa shape index (κ2) is 9.55. The number of carbonyl (C=O) groups is 2. The minimum atomic E-state index is -0.0629. The Bertz CT molecular complexity index is 859. The molecule has 2 aromatic carbocycles. The van der Waals surface area contributed by atoms with Crippen LogP contribution < -0.4 is 10.1 Å². The number of carbonyl (C=O) groups excluding carboxylic acids is 2. The van der Waals surface area contributed by atoms with E-state index >= 15 is 0 Å². The summed E-state index contributed by atoms with van der Waals surface area (Å²) in [7, 11) is 1.61. The van der Waals surface area contributed by atoms with E-state index in [0.29, 0.717) is 18.7 Å². The van der Waals surface area contributed by atoms with Crippen molar-refractivity contribution in [2.24, 2.45) is 0 Å². The van der Waals surface area contributed by atoms with Crippen LogP contribution in [0.3, 0.4) is 0 Å². The van der Waals surface area contributed by atoms with Crippen LogP contribution in [0.15, 0.2) is 59.1 Å². The maximum atomic E-state index is 12.5. The van der Waals surface area contributed by atoms with Crippen molar-refractivity contribution >= 4 is 33.8 Å². The zero-order chi connectivity index (χ0) is 19.9. The molecule has 0 aliphatic carbocycles. The monoisotopic (exact) mass is 442 g/mol. The molecule has 1 saturated heterocycles. The van der Waals surface area contributed by atoms with Gasteiger partial charge >= 0.3 is 0 Å². The first-order valence-electron chi connectivity index (χ1n) is 9.23. The number of likely N-dealkylation sites (tertiary alicyclic amines) is 1. The van der Waals surface area contributed by atoms with Crippen molar-refractivity contribution in [1.82, 2.24) is 10.2 Å². The van der Waals surface area contributed by atoms with Gasteiger partial charge in [-0.2, -0.15) is 0 Å². The predicted molar refractivity (Wildman–Crippen MR) is 113 cm³/mol. The van der Waals surface area contributed by atoms with Gasteiger partial charge in [-0.15, -0.1) is 0 Å². The Morgan fingerprint density at radius 3 is 2.54 bits per heavy atom. The van der Waals surface area contributed by atoms with Gasteiger partial charge in [0, 0.05) is 40.8 Å². The highest BCUT2D eigenvalue weighted by atomic mass is 79.9. The lowest BCUT2D eigenvalue weighted by molar-refractivity contribution is -0.126. The molecule has 1 N–H and O–H groups in total. The Labute approximate surface area is 173 Å². The van der Waals surface area contributed by atoms with Gasteiger partial charge in [-0.05, 0) is 49.2 Å². The minimum Gasteiger partial charge on any atom is -0.496 e. The summed E-state index contributed by atoms with van der Waals surface area (Å²) in [6.07, 6.45) is 4.85. The Hall–Kier alpha value is -2.60. The van der Waals surface area contributed by atoms with Crippen LogP contribution in [-0.2, 0) is 4.79 Å². The van der Waals surface area contributed by atoms with E-state index in [1.54, 1.807) is 31.4 Å². The zero-order valence-electron chi connectivity index (χ0n) is 15.7. The molecule has 0 radical (unpaired) electrons. The largest absolute Gasteiger partial charge is 0.496 e. The van der Waals surface area contributed by atoms with Crippen molar-refractivity contribution in [3.63, 3.8) is 0 Å². The molecule has 2 amide bonds. The Balaban J connectivity index is 1.53. The molecule has 1 aliphatic heterocycles. The molecule has 2 aromatic rings. The van der Waals surface area contributed by atoms with E-state index in [-0.39, 0.29) is 17.9 Å². The van der Waals surface area contributed by atoms with Crippen LogP contribution in [0, 0.1) is 0 Å². The van der Waals surface area contributed by atoms with Crippen LogP contribution in [-0.4, -0.2) is 43.0 Å². The molecule has 6 heteroatoms. The van der Waals surface area contributed by atoms with Crippen LogP contribution in [0.2, 0.25) is 0 Å². The maximum absolute atomic E-state index is 12.5. The van der Waals surface area contributed by atoms with Crippen molar-refractivity contribution in [2.45, 2.75) is 18.9 Å². The van der Waals surface area contributed by atoms with Gasteiger partial charge in [-0.3, -0.25) is 9.59 Å². The molecule has 5 nitrogen and oxygen atoms in total. The molecule has 28 heavy (non-hydrogen) atoms. The molecular formula is C22H23BrN2O3. The number of piperidine rings is 1. The Morgan fingerprint density at radius 1 is 1.14 bits per heavy atom. The second-order valence-electron chi connectivity index (χ2n) is 6.66. The van der Waals surface area contributed by atoms with Gasteiger partial charge in [-0.1, -0.05) is 34.1 Å². The third-order valence-corrected chi connectivity index (χ3v) is 5.27. The molecule has 1 heterocycles. The SMILES string of the molecule is COc1ccc(Br)cc1/C=C/C(=O)N1CCC(NC(=O)c2ccccc2)CC1. The zero-order valence-corrected chi connectivity index (χ0v) is 17.3. The normalized spacial score (nSPS) is 14.9. The summed E-state index contributed by atoms with van der Waals surface area (Å²) in [6.45, 7) is 1.25. The van der Waals surface area contributed by atoms with Crippen molar-refractivity contribution < 1.29 is 14.3 Å². The third-order valence-electron chi connectivity index (χ3n) is 4.78. The molecule has 3 rings (SSSR count). The lowest BCUT2D eigenvalue weighted by Gasteiger charge is -2.31. The van der Waals surface area contributed by atoms with E-state index in [1.807, 2.05) is 41.3 Å². The van der Waals surface area contributed by atoms with Crippen LogP contribution >= 0.6 is 15.9 Å². The first-order valence-corrected chi connectivity index (χ1v) is 10.0. The van der Waals surface area contributed by atoms with E-state index < -0.39 is 0 Å². The molecule has 0 saturated carbocycles. The summed E-state index contributed by atoms with van der Waals surface area (Å²) in [5.74, 6) is 0.622. The topological polar surface area (TPSA) is 58.6 Å². The summed E-state index contributed by atoms with van der Waals surface area (Å²) in [5.41, 5.74) is 1.50. The molecule has 1 fully saturated rings. The quantitative estimate of drug-likeness (QED) is 0.714. The minimum absolute atomic E-state index is 0.0325. The molecule has 0 atom stereocenters. The van der Waals surface area contributed by atoms with E-state index in [1.165, 1.54) is 0 Å². The van der Waals surface area contributed by atoms with Crippen LogP contribution in [0.1, 0.15) is 28.8 Å². The molecule has 1 aliphatic rings. The van der Waals surface area contributed by atoms with Crippen LogP contribution in [0.5, 0.6) is 5.75 Å². The van der Waals surface area contributed by atoms with Crippen LogP contribution in [0.4, 0.5) is 0 Å². The highest BCUT2D eigenvalue weighted by molar-refractivity contribution is 9.10. The first kappa shape index (κ1) is 20.1. The molecule has 0 unspecified atom stereocenters. The summed E-state index contributed by atoms with van der Waals surface area (Å²) in [4.78, 5) is 26.6. The Kier molecular flexibility index (Phi) is 6.87. The predicted octanol–water partition coefficient (Wildman–Crippen LogP) is 3.89. The van der Waals surface area contributed by atoms with Crippen molar-refractivity contribution in [3.8, 4) is 5.75 Å². The fraction of sp³-hybridized carbons (Fsp3) is 0.273. The smallest absolute Gasteiger partial charge is 0.251 e. The number of halogens is 1. The summed E-state index contributed by atoms with van der Waals surface area (Å²) in [6, 6.07) is 14.9. The van der Waals surface area contributed by atoms with Gasteiger partial charge in [0.2, 0.25) is 5.91 Å². The van der Waals surface area contributed by atoms with Crippen molar-refractivity contribution in [2.75, 3.05) is 20.2 Å². The molecular weight excluding hydrogens is 420 g/mol. The fourth-order valence-electron chi connectivity index (χ4n) is 3.20. The lowest BCUT2D eigenvalue weighted by atomic mass is 10.0. The maximum Gasteiger partial charge on any atom is 0.251 e. The van der Waals surface area contributed by atoms with E-state index in [9.17, 15) is 9.59 Å². The number of hydrogen-bond donors (Lipinski definition) is 1. The fourth-order valence-corrected chi connectivity index (χ4v) is 3.58. The highest BCUT2D eigenvalue weighted by Gasteiger charge is 2.23. The van der Waals surface area contributed by atoms with E-state index in [4.69, 9.17) is 4.74 Å². The molecule has 0 bridgehead atoms. The standard InChI is InChI=1S/C22H23BrN2O3/c1-28-20-9-8-18(23)15-17(20)7-10-21(26)25-13-11-19(12-14-25)24-22(27)16-5-3-2-4-6-16/h2-10,15,19H,11-14H2,1H3,(H,24,27)/b10-7+. The van der Waals surface area contributed by atoms with Crippen LogP contribution in [0.25, 0.3) is 6.08 Å². The number of nitrogens with one attached hydrogen (secondary N) is 1. The second-order valence-corrected chi connectivity index (χ2v) is 7.57. The van der Waals surface area contributed by atoms with Gasteiger partial charge < -0.3 is 15.0 Å². The molecule has 0 aromatic heterocycles. The van der Waals surface area contributed by atoms with Gasteiger partial charge in [0.25, 0.3) is 5.91 Å². The number of nitrogens with zero attached hydrogens (tertiary/aromatic N) is 1. The average Bonchev–Trinajstić information content (AvgIpc) is 2.73. The number of methoxy groups -OCH3 is 1. The lowest BCUT2D eigenvalue weighted by Crippen LogP contribution is -2.46. The van der Waals surface area contributed by atoms with Gasteiger partial charge in [0.05, 0.1) is 7.11 Å². The molecule has 0 spiro atoms. The number of amides is 2. The Morgan fingerprint density at radius 2 is 1.86 bits per heavy atom. The van der Waals surface area contributed by atoms with Gasteiger partial charge in [0.1, 0.15) is 5.75 Å². The summed E-state index contributed by atoms with van der Waals surface area (Å²) >= 11 is 3.43. The average molecular weight is 443 g/mol. The van der Waals surface area contributed by atoms with Crippen molar-refractivity contribution in [3.05, 3.63) is 70.2 Å². The first-order chi connectivity index (χ1) is 13.6. The van der Waals surface area contributed by atoms with E-state index in [2.05, 4.69) is 21.2 Å². The third kappa shape index (κ3) is 5.23. The summed E-state index contributed by atoms with van der Waals surface area (Å²) in [5, 5.41) is 3.06.